The summed E-state index contributed by atoms with van der Waals surface area (Å²) in [6.45, 7) is 4.00. The van der Waals surface area contributed by atoms with Gasteiger partial charge in [0, 0.05) is 41.7 Å². The van der Waals surface area contributed by atoms with Gasteiger partial charge in [-0.05, 0) is 49.7 Å². The summed E-state index contributed by atoms with van der Waals surface area (Å²) in [4.78, 5) is 2.34. The minimum Gasteiger partial charge on any atom is -0.342 e. The Morgan fingerprint density at radius 1 is 1.16 bits per heavy atom. The van der Waals surface area contributed by atoms with Crippen LogP contribution in [0.25, 0.3) is 10.9 Å². The molecule has 4 rings (SSSR count). The number of nitrogens with zero attached hydrogens (tertiary/aromatic N) is 2. The Labute approximate surface area is 152 Å². The van der Waals surface area contributed by atoms with Crippen molar-refractivity contribution in [2.75, 3.05) is 13.6 Å². The summed E-state index contributed by atoms with van der Waals surface area (Å²) < 4.78 is 16.9. The Bertz CT molecular complexity index is 914. The van der Waals surface area contributed by atoms with E-state index in [-0.39, 0.29) is 5.82 Å². The molecule has 0 bridgehead atoms. The fourth-order valence-corrected chi connectivity index (χ4v) is 4.14. The Morgan fingerprint density at radius 2 is 1.92 bits per heavy atom. The van der Waals surface area contributed by atoms with Crippen LogP contribution in [0.5, 0.6) is 0 Å². The van der Waals surface area contributed by atoms with Gasteiger partial charge in [0.15, 0.2) is 0 Å². The Hall–Kier alpha value is -1.84. The first-order chi connectivity index (χ1) is 12.1. The third-order valence-corrected chi connectivity index (χ3v) is 5.75. The van der Waals surface area contributed by atoms with Gasteiger partial charge in [-0.15, -0.1) is 0 Å². The third-order valence-electron chi connectivity index (χ3n) is 5.50. The third kappa shape index (κ3) is 2.86. The molecule has 0 aliphatic carbocycles. The summed E-state index contributed by atoms with van der Waals surface area (Å²) in [7, 11) is 2.14. The van der Waals surface area contributed by atoms with Crippen LogP contribution < -0.4 is 0 Å². The maximum absolute atomic E-state index is 14.7. The predicted octanol–water partition coefficient (Wildman–Crippen LogP) is 5.23. The molecule has 1 unspecified atom stereocenters. The maximum atomic E-state index is 14.7. The number of fused-ring (bicyclic) bond motifs is 3. The highest BCUT2D eigenvalue weighted by molar-refractivity contribution is 6.30. The van der Waals surface area contributed by atoms with Crippen LogP contribution in [0.3, 0.4) is 0 Å². The molecule has 1 aliphatic heterocycles. The molecule has 0 fully saturated rings. The van der Waals surface area contributed by atoms with Crippen LogP contribution in [0.1, 0.15) is 29.8 Å². The summed E-state index contributed by atoms with van der Waals surface area (Å²) in [5, 5.41) is 1.81. The van der Waals surface area contributed by atoms with Crippen LogP contribution in [0.4, 0.5) is 4.39 Å². The molecule has 0 spiro atoms. The molecule has 2 aromatic carbocycles. The van der Waals surface area contributed by atoms with Crippen molar-refractivity contribution in [3.05, 3.63) is 70.1 Å². The molecule has 1 aromatic heterocycles. The van der Waals surface area contributed by atoms with Crippen molar-refractivity contribution < 1.29 is 4.39 Å². The second-order valence-electron chi connectivity index (χ2n) is 6.93. The average molecular weight is 357 g/mol. The number of para-hydroxylation sites is 1. The van der Waals surface area contributed by atoms with E-state index in [0.29, 0.717) is 6.04 Å². The molecule has 0 N–H and O–H groups in total. The predicted molar refractivity (Wildman–Crippen MR) is 102 cm³/mol. The molecule has 130 valence electrons. The summed E-state index contributed by atoms with van der Waals surface area (Å²) >= 11 is 5.98. The smallest absolute Gasteiger partial charge is 0.147 e. The molecule has 0 radical (unpaired) electrons. The van der Waals surface area contributed by atoms with Crippen molar-refractivity contribution in [1.82, 2.24) is 9.47 Å². The molecular formula is C21H22ClFN2. The molecule has 4 heteroatoms. The quantitative estimate of drug-likeness (QED) is 0.624. The van der Waals surface area contributed by atoms with E-state index in [1.54, 1.807) is 6.07 Å². The van der Waals surface area contributed by atoms with Gasteiger partial charge in [0.05, 0.1) is 5.52 Å². The zero-order valence-corrected chi connectivity index (χ0v) is 15.4. The van der Waals surface area contributed by atoms with Crippen molar-refractivity contribution >= 4 is 22.5 Å². The minimum absolute atomic E-state index is 0.127. The SMILES string of the molecule is CC1c2c(n(CCc3ccc(Cl)cc3)c3c(F)cccc23)CCN1C. The molecule has 2 nitrogen and oxygen atoms in total. The topological polar surface area (TPSA) is 8.17 Å². The lowest BCUT2D eigenvalue weighted by Crippen LogP contribution is -2.31. The summed E-state index contributed by atoms with van der Waals surface area (Å²) in [5.74, 6) is -0.127. The van der Waals surface area contributed by atoms with Gasteiger partial charge in [-0.2, -0.15) is 0 Å². The van der Waals surface area contributed by atoms with Gasteiger partial charge >= 0.3 is 0 Å². The lowest BCUT2D eigenvalue weighted by molar-refractivity contribution is 0.245. The number of hydrogen-bond acceptors (Lipinski definition) is 1. The fourth-order valence-electron chi connectivity index (χ4n) is 4.01. The zero-order valence-electron chi connectivity index (χ0n) is 14.6. The lowest BCUT2D eigenvalue weighted by Gasteiger charge is -2.31. The van der Waals surface area contributed by atoms with Gasteiger partial charge < -0.3 is 4.57 Å². The van der Waals surface area contributed by atoms with Gasteiger partial charge in [-0.25, -0.2) is 4.39 Å². The van der Waals surface area contributed by atoms with Crippen LogP contribution in [0.2, 0.25) is 5.02 Å². The van der Waals surface area contributed by atoms with Gasteiger partial charge in [0.1, 0.15) is 5.82 Å². The molecule has 0 saturated heterocycles. The number of likely N-dealkylation sites (N-methyl/N-ethyl adjacent to an activating group) is 1. The van der Waals surface area contributed by atoms with Gasteiger partial charge in [0.25, 0.3) is 0 Å². The van der Waals surface area contributed by atoms with Gasteiger partial charge in [-0.1, -0.05) is 35.9 Å². The first kappa shape index (κ1) is 16.6. The Kier molecular flexibility index (Phi) is 4.30. The Morgan fingerprint density at radius 3 is 2.68 bits per heavy atom. The van der Waals surface area contributed by atoms with E-state index >= 15 is 0 Å². The van der Waals surface area contributed by atoms with Crippen LogP contribution >= 0.6 is 11.6 Å². The van der Waals surface area contributed by atoms with E-state index in [0.717, 1.165) is 41.9 Å². The van der Waals surface area contributed by atoms with Crippen molar-refractivity contribution in [1.29, 1.82) is 0 Å². The number of aryl methyl sites for hydroxylation is 2. The van der Waals surface area contributed by atoms with Gasteiger partial charge in [0.2, 0.25) is 0 Å². The molecule has 2 heterocycles. The second-order valence-corrected chi connectivity index (χ2v) is 7.37. The minimum atomic E-state index is -0.127. The van der Waals surface area contributed by atoms with Crippen molar-refractivity contribution in [3.63, 3.8) is 0 Å². The van der Waals surface area contributed by atoms with E-state index in [1.165, 1.54) is 16.8 Å². The highest BCUT2D eigenvalue weighted by Gasteiger charge is 2.28. The van der Waals surface area contributed by atoms with Gasteiger partial charge in [-0.3, -0.25) is 4.90 Å². The van der Waals surface area contributed by atoms with E-state index in [1.807, 2.05) is 30.3 Å². The Balaban J connectivity index is 1.79. The molecule has 1 aliphatic rings. The number of hydrogen-bond donors (Lipinski definition) is 0. The van der Waals surface area contributed by atoms with Crippen LogP contribution in [0.15, 0.2) is 42.5 Å². The molecule has 25 heavy (non-hydrogen) atoms. The van der Waals surface area contributed by atoms with E-state index in [9.17, 15) is 4.39 Å². The van der Waals surface area contributed by atoms with Crippen LogP contribution in [0, 0.1) is 5.82 Å². The number of rotatable bonds is 3. The number of halogens is 2. The monoisotopic (exact) mass is 356 g/mol. The van der Waals surface area contributed by atoms with Crippen LogP contribution in [-0.4, -0.2) is 23.1 Å². The van der Waals surface area contributed by atoms with Crippen molar-refractivity contribution in [2.45, 2.75) is 32.4 Å². The van der Waals surface area contributed by atoms with Crippen LogP contribution in [-0.2, 0) is 19.4 Å². The average Bonchev–Trinajstić information content (AvgIpc) is 2.93. The first-order valence-electron chi connectivity index (χ1n) is 8.80. The fraction of sp³-hybridized carbons (Fsp3) is 0.333. The zero-order chi connectivity index (χ0) is 17.6. The second kappa shape index (κ2) is 6.47. The van der Waals surface area contributed by atoms with E-state index in [4.69, 9.17) is 11.6 Å². The van der Waals surface area contributed by atoms with Crippen molar-refractivity contribution in [2.24, 2.45) is 0 Å². The molecular weight excluding hydrogens is 335 g/mol. The highest BCUT2D eigenvalue weighted by Crippen LogP contribution is 2.38. The molecule has 0 saturated carbocycles. The molecule has 3 aromatic rings. The first-order valence-corrected chi connectivity index (χ1v) is 9.18. The van der Waals surface area contributed by atoms with Crippen molar-refractivity contribution in [3.8, 4) is 0 Å². The standard InChI is InChI=1S/C21H22ClFN2/c1-14-20-17-4-3-5-18(23)21(17)25(19(20)11-12-24(14)2)13-10-15-6-8-16(22)9-7-15/h3-9,14H,10-13H2,1-2H3. The molecule has 0 amide bonds. The summed E-state index contributed by atoms with van der Waals surface area (Å²) in [6.07, 6.45) is 1.83. The molecule has 1 atom stereocenters. The van der Waals surface area contributed by atoms with E-state index < -0.39 is 0 Å². The largest absolute Gasteiger partial charge is 0.342 e. The number of benzene rings is 2. The number of aromatic nitrogens is 1. The highest BCUT2D eigenvalue weighted by atomic mass is 35.5. The normalized spacial score (nSPS) is 17.8. The summed E-state index contributed by atoms with van der Waals surface area (Å²) in [5.41, 5.74) is 4.56. The lowest BCUT2D eigenvalue weighted by atomic mass is 9.97. The van der Waals surface area contributed by atoms with E-state index in [2.05, 4.69) is 29.5 Å². The maximum Gasteiger partial charge on any atom is 0.147 e. The summed E-state index contributed by atoms with van der Waals surface area (Å²) in [6, 6.07) is 13.7.